The van der Waals surface area contributed by atoms with Gasteiger partial charge < -0.3 is 4.89 Å². The molecule has 0 saturated heterocycles. The van der Waals surface area contributed by atoms with E-state index < -0.39 is 129 Å². The Morgan fingerprint density at radius 3 is 0.644 bits per heavy atom. The highest BCUT2D eigenvalue weighted by molar-refractivity contribution is 7.47. The number of hydrogen-bond acceptors (Lipinski definition) is 3. The van der Waals surface area contributed by atoms with Crippen molar-refractivity contribution < 1.29 is 168 Å². The zero-order valence-electron chi connectivity index (χ0n) is 25.8. The first-order chi connectivity index (χ1) is 24.8. The summed E-state index contributed by atoms with van der Waals surface area (Å²) in [5.41, 5.74) is 0. The van der Waals surface area contributed by atoms with Crippen molar-refractivity contribution in [3.8, 4) is 0 Å². The standard InChI is InChI=1S/C20H9F34O4P/c21-5(22,1-3-7(25,26)27)9(31,32)11(35,36)13(39,40)15(43,44)17(47,48)19(51,52)57-59(55,56)58-20(53,54)18(49,50)16(45,46)14(41,42)12(37,38)10(33,34)6(23,24)2-4-8(28,29)30/h1-4H2,(H,55,56). The summed E-state index contributed by atoms with van der Waals surface area (Å²) in [6.07, 6.45) is -44.5. The van der Waals surface area contributed by atoms with Crippen LogP contribution in [0, 0.1) is 0 Å². The second-order valence-corrected chi connectivity index (χ2v) is 12.4. The molecule has 0 fully saturated rings. The first-order valence-corrected chi connectivity index (χ1v) is 14.5. The van der Waals surface area contributed by atoms with Crippen LogP contribution in [0.4, 0.5) is 149 Å². The van der Waals surface area contributed by atoms with Gasteiger partial charge in [0.2, 0.25) is 0 Å². The van der Waals surface area contributed by atoms with Crippen LogP contribution in [0.3, 0.4) is 0 Å². The van der Waals surface area contributed by atoms with Gasteiger partial charge in [0.05, 0.1) is 0 Å². The van der Waals surface area contributed by atoms with Crippen LogP contribution in [-0.2, 0) is 13.6 Å². The highest BCUT2D eigenvalue weighted by atomic mass is 31.2. The molecule has 0 aromatic carbocycles. The molecule has 0 heterocycles. The summed E-state index contributed by atoms with van der Waals surface area (Å²) in [7, 11) is -9.36. The van der Waals surface area contributed by atoms with Gasteiger partial charge in [-0.05, 0) is 0 Å². The van der Waals surface area contributed by atoms with E-state index in [1.807, 2.05) is 0 Å². The number of rotatable bonds is 20. The Morgan fingerprint density at radius 2 is 0.458 bits per heavy atom. The van der Waals surface area contributed by atoms with Crippen molar-refractivity contribution in [2.75, 3.05) is 0 Å². The summed E-state index contributed by atoms with van der Waals surface area (Å²) in [5.74, 6) is -106. The molecule has 0 aliphatic heterocycles. The van der Waals surface area contributed by atoms with Crippen LogP contribution in [0.15, 0.2) is 0 Å². The van der Waals surface area contributed by atoms with E-state index in [1.165, 1.54) is 9.05 Å². The molecule has 0 radical (unpaired) electrons. The number of alkyl halides is 34. The fraction of sp³-hybridized carbons (Fsp3) is 1.00. The molecule has 0 atom stereocenters. The molecule has 39 heteroatoms. The second kappa shape index (κ2) is 14.9. The molecule has 0 bridgehead atoms. The van der Waals surface area contributed by atoms with Crippen molar-refractivity contribution in [2.45, 2.75) is 121 Å². The predicted octanol–water partition coefficient (Wildman–Crippen LogP) is 12.6. The maximum absolute atomic E-state index is 13.9. The second-order valence-electron chi connectivity index (χ2n) is 11.1. The molecule has 4 nitrogen and oxygen atoms in total. The van der Waals surface area contributed by atoms with E-state index in [0.717, 1.165) is 0 Å². The Kier molecular flexibility index (Phi) is 14.4. The topological polar surface area (TPSA) is 55.8 Å². The van der Waals surface area contributed by atoms with Gasteiger partial charge in [0.25, 0.3) is 0 Å². The van der Waals surface area contributed by atoms with Gasteiger partial charge in [-0.15, -0.1) is 0 Å². The Hall–Kier alpha value is -2.27. The number of hydrogen-bond donors (Lipinski definition) is 1. The molecule has 0 aromatic rings. The van der Waals surface area contributed by atoms with Crippen LogP contribution in [0.25, 0.3) is 0 Å². The van der Waals surface area contributed by atoms with Gasteiger partial charge in [0, 0.05) is 25.7 Å². The smallest absolute Gasteiger partial charge is 0.302 e. The maximum atomic E-state index is 13.9. The zero-order chi connectivity index (χ0) is 48.7. The molecule has 0 aliphatic rings. The van der Waals surface area contributed by atoms with Crippen molar-refractivity contribution >= 4 is 7.82 Å². The van der Waals surface area contributed by atoms with Crippen LogP contribution in [0.5, 0.6) is 0 Å². The molecule has 59 heavy (non-hydrogen) atoms. The van der Waals surface area contributed by atoms with Gasteiger partial charge in [-0.3, -0.25) is 0 Å². The first kappa shape index (κ1) is 56.7. The van der Waals surface area contributed by atoms with E-state index in [4.69, 9.17) is 4.89 Å². The summed E-state index contributed by atoms with van der Waals surface area (Å²) < 4.78 is 470. The highest BCUT2D eigenvalue weighted by Gasteiger charge is 2.95. The van der Waals surface area contributed by atoms with Gasteiger partial charge in [0.1, 0.15) is 0 Å². The summed E-state index contributed by atoms with van der Waals surface area (Å²) >= 11 is 0. The lowest BCUT2D eigenvalue weighted by atomic mass is 9.89. The summed E-state index contributed by atoms with van der Waals surface area (Å²) in [6.45, 7) is 0. The summed E-state index contributed by atoms with van der Waals surface area (Å²) in [4.78, 5) is 8.59. The van der Waals surface area contributed by atoms with E-state index >= 15 is 0 Å². The zero-order valence-corrected chi connectivity index (χ0v) is 26.7. The molecule has 0 unspecified atom stereocenters. The monoisotopic (exact) mass is 990 g/mol. The summed E-state index contributed by atoms with van der Waals surface area (Å²) in [5, 5.41) is 0. The van der Waals surface area contributed by atoms with Crippen molar-refractivity contribution in [3.63, 3.8) is 0 Å². The third-order valence-corrected chi connectivity index (χ3v) is 7.63. The van der Waals surface area contributed by atoms with Crippen LogP contribution < -0.4 is 0 Å². The quantitative estimate of drug-likeness (QED) is 0.0975. The minimum absolute atomic E-state index is 1.24. The molecule has 356 valence electrons. The number of halogens is 34. The molecule has 0 aliphatic carbocycles. The normalized spacial score (nSPS) is 16.9. The van der Waals surface area contributed by atoms with Crippen LogP contribution in [0.1, 0.15) is 25.7 Å². The van der Waals surface area contributed by atoms with E-state index in [2.05, 4.69) is 0 Å². The van der Waals surface area contributed by atoms with Crippen molar-refractivity contribution in [1.29, 1.82) is 0 Å². The van der Waals surface area contributed by atoms with Gasteiger partial charge >= 0.3 is 103 Å². The van der Waals surface area contributed by atoms with Crippen molar-refractivity contribution in [2.24, 2.45) is 0 Å². The largest absolute Gasteiger partial charge is 0.482 e. The molecule has 0 rings (SSSR count). The lowest BCUT2D eigenvalue weighted by molar-refractivity contribution is -0.464. The van der Waals surface area contributed by atoms with Gasteiger partial charge in [0.15, 0.2) is 0 Å². The van der Waals surface area contributed by atoms with Crippen molar-refractivity contribution in [1.82, 2.24) is 0 Å². The van der Waals surface area contributed by atoms with Crippen LogP contribution in [-0.4, -0.2) is 101 Å². The lowest BCUT2D eigenvalue weighted by Gasteiger charge is -2.43. The maximum Gasteiger partial charge on any atom is 0.482 e. The third kappa shape index (κ3) is 9.27. The Balaban J connectivity index is 7.05. The molecule has 0 amide bonds. The highest BCUT2D eigenvalue weighted by Crippen LogP contribution is 2.68. The summed E-state index contributed by atoms with van der Waals surface area (Å²) in [6, 6.07) is 0. The van der Waals surface area contributed by atoms with E-state index in [9.17, 15) is 154 Å². The molecule has 0 spiro atoms. The van der Waals surface area contributed by atoms with E-state index in [-0.39, 0.29) is 0 Å². The van der Waals surface area contributed by atoms with E-state index in [1.54, 1.807) is 0 Å². The van der Waals surface area contributed by atoms with Crippen LogP contribution >= 0.6 is 7.82 Å². The molecular formula is C20H9F34O4P. The lowest BCUT2D eigenvalue weighted by Crippen LogP contribution is -2.73. The Labute approximate surface area is 298 Å². The molecule has 0 aromatic heterocycles. The predicted molar refractivity (Wildman–Crippen MR) is 112 cm³/mol. The molecular weight excluding hydrogens is 981 g/mol. The Bertz CT molecular complexity index is 1420. The first-order valence-electron chi connectivity index (χ1n) is 13.0. The fourth-order valence-corrected chi connectivity index (χ4v) is 4.19. The number of phosphoric ester groups is 1. The van der Waals surface area contributed by atoms with Crippen LogP contribution in [0.2, 0.25) is 0 Å². The van der Waals surface area contributed by atoms with Crippen molar-refractivity contribution in [3.05, 3.63) is 0 Å². The van der Waals surface area contributed by atoms with E-state index in [0.29, 0.717) is 0 Å². The average molecular weight is 990 g/mol. The molecule has 0 saturated carbocycles. The van der Waals surface area contributed by atoms with Gasteiger partial charge in [-0.1, -0.05) is 0 Å². The molecule has 1 N–H and O–H groups in total. The average Bonchev–Trinajstić information content (AvgIpc) is 2.96. The van der Waals surface area contributed by atoms with Gasteiger partial charge in [-0.2, -0.15) is 149 Å². The van der Waals surface area contributed by atoms with Gasteiger partial charge in [-0.25, -0.2) is 13.6 Å². The Morgan fingerprint density at radius 1 is 0.288 bits per heavy atom. The number of phosphoric acid groups is 1. The SMILES string of the molecule is O=P(O)(OC(F)(F)C(F)(F)C(F)(F)C(F)(F)C(F)(F)C(F)(F)C(F)(F)CCC(F)(F)F)OC(F)(F)C(F)(F)C(F)(F)C(F)(F)C(F)(F)C(F)(F)C(F)(F)CCC(F)(F)F. The minimum atomic E-state index is -9.41. The third-order valence-electron chi connectivity index (χ3n) is 6.71. The fourth-order valence-electron chi connectivity index (χ4n) is 3.34. The minimum Gasteiger partial charge on any atom is -0.302 e.